The molecule has 0 aliphatic heterocycles. The van der Waals surface area contributed by atoms with E-state index in [2.05, 4.69) is 25.3 Å². The van der Waals surface area contributed by atoms with Crippen LogP contribution in [0.3, 0.4) is 0 Å². The highest BCUT2D eigenvalue weighted by Crippen LogP contribution is 2.22. The number of nitrogens with one attached hydrogen (secondary N) is 3. The molecule has 0 aliphatic carbocycles. The maximum absolute atomic E-state index is 12.6. The van der Waals surface area contributed by atoms with E-state index in [4.69, 9.17) is 28.6 Å². The Kier molecular flexibility index (Phi) is 7.93. The van der Waals surface area contributed by atoms with Crippen LogP contribution in [0.5, 0.6) is 5.88 Å². The fourth-order valence-electron chi connectivity index (χ4n) is 2.54. The van der Waals surface area contributed by atoms with Crippen molar-refractivity contribution in [3.05, 3.63) is 77.6 Å². The fraction of sp³-hybridized carbons (Fsp3) is 0.0476. The van der Waals surface area contributed by atoms with Gasteiger partial charge in [-0.15, -0.1) is 0 Å². The summed E-state index contributed by atoms with van der Waals surface area (Å²) in [5.41, 5.74) is 1.17. The van der Waals surface area contributed by atoms with E-state index in [0.717, 1.165) is 0 Å². The molecule has 0 radical (unpaired) electrons. The van der Waals surface area contributed by atoms with Crippen molar-refractivity contribution in [1.82, 2.24) is 15.3 Å². The van der Waals surface area contributed by atoms with Gasteiger partial charge in [0.2, 0.25) is 11.7 Å². The first-order chi connectivity index (χ1) is 15.8. The summed E-state index contributed by atoms with van der Waals surface area (Å²) < 4.78 is 32.5. The molecule has 33 heavy (non-hydrogen) atoms. The first kappa shape index (κ1) is 24.1. The van der Waals surface area contributed by atoms with Crippen molar-refractivity contribution in [2.75, 3.05) is 17.1 Å². The molecular formula is C21H18ClN5O4S2. The third kappa shape index (κ3) is 6.72. The Bertz CT molecular complexity index is 1300. The van der Waals surface area contributed by atoms with Gasteiger partial charge in [0, 0.05) is 29.2 Å². The quantitative estimate of drug-likeness (QED) is 0.331. The van der Waals surface area contributed by atoms with E-state index >= 15 is 0 Å². The van der Waals surface area contributed by atoms with Crippen LogP contribution < -0.4 is 20.1 Å². The van der Waals surface area contributed by atoms with Crippen molar-refractivity contribution in [2.45, 2.75) is 4.90 Å². The molecule has 1 aromatic heterocycles. The Labute approximate surface area is 200 Å². The van der Waals surface area contributed by atoms with Gasteiger partial charge in [0.15, 0.2) is 5.11 Å². The third-order valence-electron chi connectivity index (χ3n) is 4.07. The average Bonchev–Trinajstić information content (AvgIpc) is 2.79. The fourth-order valence-corrected chi connectivity index (χ4v) is 3.96. The summed E-state index contributed by atoms with van der Waals surface area (Å²) in [5, 5.41) is 5.87. The van der Waals surface area contributed by atoms with E-state index in [-0.39, 0.29) is 21.7 Å². The van der Waals surface area contributed by atoms with Gasteiger partial charge in [-0.2, -0.15) is 0 Å². The Hall–Kier alpha value is -3.54. The number of methoxy groups -OCH3 is 1. The lowest BCUT2D eigenvalue weighted by Crippen LogP contribution is -2.32. The molecule has 0 saturated heterocycles. The molecule has 9 nitrogen and oxygen atoms in total. The van der Waals surface area contributed by atoms with Gasteiger partial charge in [0.1, 0.15) is 0 Å². The standard InChI is InChI=1S/C21H18ClN5O4S2/c1-31-20-19(23-12-13-24-20)27-33(29,30)16-9-7-15(8-10-16)25-21(32)26-18(28)11-6-14-4-2-3-5-17(14)22/h2-13H,1H3,(H,23,27)(H2,25,26,28,32)/b11-6+. The number of benzene rings is 2. The van der Waals surface area contributed by atoms with Crippen molar-refractivity contribution in [3.63, 3.8) is 0 Å². The molecule has 0 atom stereocenters. The summed E-state index contributed by atoms with van der Waals surface area (Å²) in [5.74, 6) is -0.436. The molecular weight excluding hydrogens is 486 g/mol. The maximum Gasteiger partial charge on any atom is 0.263 e. The molecule has 12 heteroatoms. The van der Waals surface area contributed by atoms with Gasteiger partial charge in [0.05, 0.1) is 12.0 Å². The highest BCUT2D eigenvalue weighted by atomic mass is 35.5. The Morgan fingerprint density at radius 1 is 1.09 bits per heavy atom. The smallest absolute Gasteiger partial charge is 0.263 e. The highest BCUT2D eigenvalue weighted by molar-refractivity contribution is 7.92. The number of anilines is 2. The maximum atomic E-state index is 12.6. The third-order valence-corrected chi connectivity index (χ3v) is 5.97. The van der Waals surface area contributed by atoms with Crippen LogP contribution in [0.1, 0.15) is 5.56 Å². The van der Waals surface area contributed by atoms with E-state index in [0.29, 0.717) is 16.3 Å². The minimum absolute atomic E-state index is 0.0154. The predicted molar refractivity (Wildman–Crippen MR) is 131 cm³/mol. The Balaban J connectivity index is 1.60. The lowest BCUT2D eigenvalue weighted by molar-refractivity contribution is -0.115. The van der Waals surface area contributed by atoms with Crippen LogP contribution in [0.25, 0.3) is 6.08 Å². The number of ether oxygens (including phenoxy) is 1. The molecule has 1 heterocycles. The predicted octanol–water partition coefficient (Wildman–Crippen LogP) is 3.47. The lowest BCUT2D eigenvalue weighted by Gasteiger charge is -2.11. The molecule has 0 spiro atoms. The highest BCUT2D eigenvalue weighted by Gasteiger charge is 2.18. The number of carbonyl (C=O) groups is 1. The second kappa shape index (κ2) is 10.9. The summed E-state index contributed by atoms with van der Waals surface area (Å²) in [6.07, 6.45) is 5.59. The van der Waals surface area contributed by atoms with Crippen molar-refractivity contribution in [3.8, 4) is 5.88 Å². The minimum atomic E-state index is -3.93. The second-order valence-corrected chi connectivity index (χ2v) is 8.84. The van der Waals surface area contributed by atoms with Crippen LogP contribution in [0, 0.1) is 0 Å². The van der Waals surface area contributed by atoms with Crippen LogP contribution in [0.4, 0.5) is 11.5 Å². The van der Waals surface area contributed by atoms with Gasteiger partial charge in [-0.25, -0.2) is 18.4 Å². The van der Waals surface area contributed by atoms with Crippen LogP contribution in [0.15, 0.2) is 71.9 Å². The number of rotatable bonds is 7. The SMILES string of the molecule is COc1nccnc1NS(=O)(=O)c1ccc(NC(=S)NC(=O)/C=C/c2ccccc2Cl)cc1. The molecule has 3 aromatic rings. The summed E-state index contributed by atoms with van der Waals surface area (Å²) in [6, 6.07) is 12.8. The van der Waals surface area contributed by atoms with Crippen LogP contribution in [-0.2, 0) is 14.8 Å². The number of amides is 1. The molecule has 170 valence electrons. The van der Waals surface area contributed by atoms with Gasteiger partial charge in [-0.05, 0) is 54.2 Å². The number of carbonyl (C=O) groups excluding carboxylic acids is 1. The number of aromatic nitrogens is 2. The molecule has 0 aliphatic rings. The van der Waals surface area contributed by atoms with E-state index in [9.17, 15) is 13.2 Å². The van der Waals surface area contributed by atoms with Crippen LogP contribution in [-0.4, -0.2) is 36.5 Å². The molecule has 0 unspecified atom stereocenters. The number of hydrogen-bond donors (Lipinski definition) is 3. The zero-order valence-corrected chi connectivity index (χ0v) is 19.5. The number of nitrogens with zero attached hydrogens (tertiary/aromatic N) is 2. The van der Waals surface area contributed by atoms with E-state index in [1.54, 1.807) is 30.3 Å². The van der Waals surface area contributed by atoms with Crippen molar-refractivity contribution < 1.29 is 17.9 Å². The molecule has 1 amide bonds. The van der Waals surface area contributed by atoms with E-state index in [1.165, 1.54) is 49.8 Å². The van der Waals surface area contributed by atoms with E-state index < -0.39 is 15.9 Å². The second-order valence-electron chi connectivity index (χ2n) is 6.34. The zero-order valence-electron chi connectivity index (χ0n) is 17.2. The van der Waals surface area contributed by atoms with Crippen molar-refractivity contribution >= 4 is 62.4 Å². The lowest BCUT2D eigenvalue weighted by atomic mass is 10.2. The summed E-state index contributed by atoms with van der Waals surface area (Å²) in [4.78, 5) is 19.9. The monoisotopic (exact) mass is 503 g/mol. The molecule has 3 rings (SSSR count). The number of hydrogen-bond acceptors (Lipinski definition) is 7. The number of thiocarbonyl (C=S) groups is 1. The molecule has 3 N–H and O–H groups in total. The first-order valence-corrected chi connectivity index (χ1v) is 11.6. The summed E-state index contributed by atoms with van der Waals surface area (Å²) in [6.45, 7) is 0. The topological polar surface area (TPSA) is 122 Å². The summed E-state index contributed by atoms with van der Waals surface area (Å²) in [7, 11) is -2.57. The first-order valence-electron chi connectivity index (χ1n) is 9.31. The molecule has 2 aromatic carbocycles. The Morgan fingerprint density at radius 2 is 1.79 bits per heavy atom. The van der Waals surface area contributed by atoms with Gasteiger partial charge in [-0.1, -0.05) is 29.8 Å². The molecule has 0 fully saturated rings. The van der Waals surface area contributed by atoms with Crippen molar-refractivity contribution in [2.24, 2.45) is 0 Å². The van der Waals surface area contributed by atoms with Crippen molar-refractivity contribution in [1.29, 1.82) is 0 Å². The van der Waals surface area contributed by atoms with E-state index in [1.807, 2.05) is 0 Å². The van der Waals surface area contributed by atoms with Gasteiger partial charge < -0.3 is 10.1 Å². The van der Waals surface area contributed by atoms with Crippen LogP contribution in [0.2, 0.25) is 5.02 Å². The largest absolute Gasteiger partial charge is 0.478 e. The molecule has 0 saturated carbocycles. The minimum Gasteiger partial charge on any atom is -0.478 e. The zero-order chi connectivity index (χ0) is 23.8. The number of sulfonamides is 1. The van der Waals surface area contributed by atoms with Gasteiger partial charge in [0.25, 0.3) is 15.9 Å². The van der Waals surface area contributed by atoms with Gasteiger partial charge >= 0.3 is 0 Å². The van der Waals surface area contributed by atoms with Crippen LogP contribution >= 0.6 is 23.8 Å². The number of halogens is 1. The normalized spacial score (nSPS) is 11.1. The van der Waals surface area contributed by atoms with Gasteiger partial charge in [-0.3, -0.25) is 14.8 Å². The summed E-state index contributed by atoms with van der Waals surface area (Å²) >= 11 is 11.2. The average molecular weight is 504 g/mol. The Morgan fingerprint density at radius 3 is 2.48 bits per heavy atom. The molecule has 0 bridgehead atoms.